The van der Waals surface area contributed by atoms with E-state index in [2.05, 4.69) is 10.1 Å². The molecule has 6 nitrogen and oxygen atoms in total. The Labute approximate surface area is 120 Å². The van der Waals surface area contributed by atoms with E-state index in [9.17, 15) is 10.1 Å². The Morgan fingerprint density at radius 2 is 1.62 bits per heavy atom. The first-order valence-electron chi connectivity index (χ1n) is 6.42. The number of hydrogen-bond acceptors (Lipinski definition) is 4. The normalized spacial score (nSPS) is 10.5. The van der Waals surface area contributed by atoms with Gasteiger partial charge in [0.15, 0.2) is 5.82 Å². The van der Waals surface area contributed by atoms with Crippen molar-refractivity contribution < 1.29 is 4.92 Å². The average molecular weight is 280 g/mol. The van der Waals surface area contributed by atoms with Gasteiger partial charge in [0.25, 0.3) is 6.54 Å². The fraction of sp³-hybridized carbons (Fsp3) is 0.0667. The van der Waals surface area contributed by atoms with Gasteiger partial charge in [-0.2, -0.15) is 0 Å². The highest BCUT2D eigenvalue weighted by Crippen LogP contribution is 2.18. The van der Waals surface area contributed by atoms with Crippen LogP contribution in [0.2, 0.25) is 0 Å². The fourth-order valence-electron chi connectivity index (χ4n) is 2.05. The molecule has 0 radical (unpaired) electrons. The van der Waals surface area contributed by atoms with Crippen molar-refractivity contribution in [1.29, 1.82) is 0 Å². The molecule has 0 saturated carbocycles. The van der Waals surface area contributed by atoms with Crippen molar-refractivity contribution in [2.75, 3.05) is 0 Å². The first-order chi connectivity index (χ1) is 10.2. The highest BCUT2D eigenvalue weighted by Gasteiger charge is 2.16. The summed E-state index contributed by atoms with van der Waals surface area (Å²) in [6, 6.07) is 18.7. The number of para-hydroxylation sites is 1. The molecule has 1 aromatic heterocycles. The van der Waals surface area contributed by atoms with Crippen molar-refractivity contribution in [3.05, 3.63) is 76.6 Å². The molecule has 2 aromatic carbocycles. The molecule has 0 unspecified atom stereocenters. The molecule has 0 fully saturated rings. The van der Waals surface area contributed by atoms with Crippen LogP contribution < -0.4 is 0 Å². The summed E-state index contributed by atoms with van der Waals surface area (Å²) in [7, 11) is 0. The minimum atomic E-state index is -0.405. The Morgan fingerprint density at radius 3 is 2.24 bits per heavy atom. The van der Waals surface area contributed by atoms with Gasteiger partial charge in [-0.3, -0.25) is 10.1 Å². The smallest absolute Gasteiger partial charge is 0.262 e. The van der Waals surface area contributed by atoms with Gasteiger partial charge in [0, 0.05) is 10.5 Å². The zero-order chi connectivity index (χ0) is 14.7. The van der Waals surface area contributed by atoms with Gasteiger partial charge in [-0.05, 0) is 12.1 Å². The lowest BCUT2D eigenvalue weighted by molar-refractivity contribution is -0.498. The quantitative estimate of drug-likeness (QED) is 0.544. The minimum absolute atomic E-state index is 0.310. The molecule has 0 bridgehead atoms. The Bertz CT molecular complexity index is 754. The highest BCUT2D eigenvalue weighted by atomic mass is 16.6. The molecule has 0 spiro atoms. The van der Waals surface area contributed by atoms with Crippen LogP contribution in [0.1, 0.15) is 5.82 Å². The third-order valence-electron chi connectivity index (χ3n) is 2.98. The molecule has 3 aromatic rings. The Balaban J connectivity index is 2.10. The van der Waals surface area contributed by atoms with Gasteiger partial charge >= 0.3 is 0 Å². The minimum Gasteiger partial charge on any atom is -0.264 e. The van der Waals surface area contributed by atoms with Gasteiger partial charge in [-0.1, -0.05) is 48.5 Å². The molecule has 0 aliphatic rings. The molecule has 0 aliphatic heterocycles. The van der Waals surface area contributed by atoms with Crippen LogP contribution in [0.3, 0.4) is 0 Å². The van der Waals surface area contributed by atoms with E-state index in [1.807, 2.05) is 60.7 Å². The van der Waals surface area contributed by atoms with Crippen molar-refractivity contribution in [2.24, 2.45) is 0 Å². The first-order valence-corrected chi connectivity index (χ1v) is 6.42. The molecule has 6 heteroatoms. The van der Waals surface area contributed by atoms with Crippen LogP contribution in [0.15, 0.2) is 60.7 Å². The van der Waals surface area contributed by atoms with E-state index in [4.69, 9.17) is 0 Å². The zero-order valence-corrected chi connectivity index (χ0v) is 11.1. The van der Waals surface area contributed by atoms with E-state index in [1.54, 1.807) is 0 Å². The van der Waals surface area contributed by atoms with Gasteiger partial charge in [-0.15, -0.1) is 5.10 Å². The molecule has 104 valence electrons. The number of nitro groups is 1. The monoisotopic (exact) mass is 280 g/mol. The second-order valence-corrected chi connectivity index (χ2v) is 4.46. The lowest BCUT2D eigenvalue weighted by Crippen LogP contribution is -2.08. The summed E-state index contributed by atoms with van der Waals surface area (Å²) in [5.41, 5.74) is 1.58. The van der Waals surface area contributed by atoms with Crippen molar-refractivity contribution in [3.63, 3.8) is 0 Å². The van der Waals surface area contributed by atoms with E-state index in [0.717, 1.165) is 11.3 Å². The van der Waals surface area contributed by atoms with Crippen molar-refractivity contribution in [3.8, 4) is 17.1 Å². The number of aromatic nitrogens is 3. The molecule has 21 heavy (non-hydrogen) atoms. The van der Waals surface area contributed by atoms with Crippen LogP contribution in [0.25, 0.3) is 17.1 Å². The van der Waals surface area contributed by atoms with Crippen LogP contribution in [-0.2, 0) is 6.54 Å². The number of hydrogen-bond donors (Lipinski definition) is 0. The fourth-order valence-corrected chi connectivity index (χ4v) is 2.05. The topological polar surface area (TPSA) is 73.8 Å². The standard InChI is InChI=1S/C15H12N4O2/c20-18(21)11-14-16-15(12-7-3-1-4-8-12)17-19(14)13-9-5-2-6-10-13/h1-10H,11H2. The second-order valence-electron chi connectivity index (χ2n) is 4.46. The highest BCUT2D eigenvalue weighted by molar-refractivity contribution is 5.54. The van der Waals surface area contributed by atoms with Gasteiger partial charge < -0.3 is 0 Å². The van der Waals surface area contributed by atoms with E-state index in [-0.39, 0.29) is 6.54 Å². The molecule has 0 saturated heterocycles. The van der Waals surface area contributed by atoms with E-state index in [0.29, 0.717) is 11.6 Å². The van der Waals surface area contributed by atoms with E-state index >= 15 is 0 Å². The first kappa shape index (κ1) is 13.0. The third kappa shape index (κ3) is 2.79. The van der Waals surface area contributed by atoms with Crippen LogP contribution >= 0.6 is 0 Å². The maximum Gasteiger partial charge on any atom is 0.262 e. The summed E-state index contributed by atoms with van der Waals surface area (Å²) in [5.74, 6) is 0.793. The predicted octanol–water partition coefficient (Wildman–Crippen LogP) is 2.71. The van der Waals surface area contributed by atoms with E-state index < -0.39 is 4.92 Å². The van der Waals surface area contributed by atoms with Crippen LogP contribution in [0.4, 0.5) is 0 Å². The zero-order valence-electron chi connectivity index (χ0n) is 11.1. The number of nitrogens with zero attached hydrogens (tertiary/aromatic N) is 4. The SMILES string of the molecule is O=[N+]([O-])Cc1nc(-c2ccccc2)nn1-c1ccccc1. The van der Waals surface area contributed by atoms with Gasteiger partial charge in [0.2, 0.25) is 5.82 Å². The summed E-state index contributed by atoms with van der Waals surface area (Å²) in [5, 5.41) is 15.2. The summed E-state index contributed by atoms with van der Waals surface area (Å²) in [4.78, 5) is 14.7. The van der Waals surface area contributed by atoms with Gasteiger partial charge in [0.05, 0.1) is 5.69 Å². The lowest BCUT2D eigenvalue weighted by atomic mass is 10.2. The summed E-state index contributed by atoms with van der Waals surface area (Å²) in [6.07, 6.45) is 0. The van der Waals surface area contributed by atoms with Crippen molar-refractivity contribution in [1.82, 2.24) is 14.8 Å². The lowest BCUT2D eigenvalue weighted by Gasteiger charge is -2.02. The average Bonchev–Trinajstić information content (AvgIpc) is 2.92. The maximum absolute atomic E-state index is 10.8. The summed E-state index contributed by atoms with van der Waals surface area (Å²) < 4.78 is 1.52. The molecule has 0 atom stereocenters. The molecular weight excluding hydrogens is 268 g/mol. The number of benzene rings is 2. The molecular formula is C15H12N4O2. The third-order valence-corrected chi connectivity index (χ3v) is 2.98. The molecule has 3 rings (SSSR count). The van der Waals surface area contributed by atoms with E-state index in [1.165, 1.54) is 4.68 Å². The molecule has 0 N–H and O–H groups in total. The molecule has 1 heterocycles. The Hall–Kier alpha value is -3.02. The predicted molar refractivity (Wildman–Crippen MR) is 77.5 cm³/mol. The van der Waals surface area contributed by atoms with Crippen LogP contribution in [0.5, 0.6) is 0 Å². The summed E-state index contributed by atoms with van der Waals surface area (Å²) in [6.45, 7) is -0.366. The van der Waals surface area contributed by atoms with Crippen LogP contribution in [0, 0.1) is 10.1 Å². The van der Waals surface area contributed by atoms with Crippen molar-refractivity contribution >= 4 is 0 Å². The maximum atomic E-state index is 10.8. The second kappa shape index (κ2) is 5.54. The molecule has 0 amide bonds. The van der Waals surface area contributed by atoms with Gasteiger partial charge in [-0.25, -0.2) is 9.67 Å². The van der Waals surface area contributed by atoms with Crippen molar-refractivity contribution in [2.45, 2.75) is 6.54 Å². The summed E-state index contributed by atoms with van der Waals surface area (Å²) >= 11 is 0. The number of rotatable bonds is 4. The molecule has 0 aliphatic carbocycles. The Kier molecular flexibility index (Phi) is 3.42. The van der Waals surface area contributed by atoms with Gasteiger partial charge in [0.1, 0.15) is 0 Å². The Morgan fingerprint density at radius 1 is 1.00 bits per heavy atom. The largest absolute Gasteiger partial charge is 0.264 e. The van der Waals surface area contributed by atoms with Crippen LogP contribution in [-0.4, -0.2) is 19.7 Å².